The second-order valence-corrected chi connectivity index (χ2v) is 7.41. The molecule has 18 heavy (non-hydrogen) atoms. The van der Waals surface area contributed by atoms with Crippen LogP contribution >= 0.6 is 0 Å². The lowest BCUT2D eigenvalue weighted by Crippen LogP contribution is -2.28. The Morgan fingerprint density at radius 2 is 1.61 bits per heavy atom. The number of aryl methyl sites for hydroxylation is 2. The monoisotopic (exact) mass is 242 g/mol. The summed E-state index contributed by atoms with van der Waals surface area (Å²) in [7, 11) is 0. The maximum Gasteiger partial charge on any atom is -0.00356 e. The molecule has 0 radical (unpaired) electrons. The third-order valence-corrected chi connectivity index (χ3v) is 5.32. The molecule has 1 aromatic rings. The molecule has 0 aromatic heterocycles. The highest BCUT2D eigenvalue weighted by atomic mass is 14.5. The van der Waals surface area contributed by atoms with Gasteiger partial charge in [-0.1, -0.05) is 50.8 Å². The van der Waals surface area contributed by atoms with Crippen LogP contribution in [0.5, 0.6) is 0 Å². The largest absolute Gasteiger partial charge is 0.0561 e. The Balaban J connectivity index is 2.20. The van der Waals surface area contributed by atoms with Crippen molar-refractivity contribution in [1.82, 2.24) is 0 Å². The maximum absolute atomic E-state index is 2.50. The van der Waals surface area contributed by atoms with Gasteiger partial charge in [-0.15, -0.1) is 0 Å². The lowest BCUT2D eigenvalue weighted by atomic mass is 9.68. The average Bonchev–Trinajstić information content (AvgIpc) is 2.47. The van der Waals surface area contributed by atoms with Crippen LogP contribution in [0, 0.1) is 13.8 Å². The molecule has 0 heteroatoms. The van der Waals surface area contributed by atoms with Crippen molar-refractivity contribution in [3.05, 3.63) is 34.4 Å². The van der Waals surface area contributed by atoms with Gasteiger partial charge in [0, 0.05) is 0 Å². The van der Waals surface area contributed by atoms with E-state index in [1.54, 1.807) is 11.1 Å². The van der Waals surface area contributed by atoms with Gasteiger partial charge < -0.3 is 0 Å². The zero-order valence-electron chi connectivity index (χ0n) is 12.4. The van der Waals surface area contributed by atoms with Crippen LogP contribution < -0.4 is 0 Å². The SMILES string of the molecule is Cc1cc(C)c2c(c1)C1(CCCCC1)CC2(C)C. The molecule has 0 bridgehead atoms. The first kappa shape index (κ1) is 12.3. The number of hydrogen-bond donors (Lipinski definition) is 0. The topological polar surface area (TPSA) is 0 Å². The lowest BCUT2D eigenvalue weighted by molar-refractivity contribution is 0.257. The molecule has 2 aliphatic carbocycles. The lowest BCUT2D eigenvalue weighted by Gasteiger charge is -2.36. The van der Waals surface area contributed by atoms with Gasteiger partial charge in [0.25, 0.3) is 0 Å². The Hall–Kier alpha value is -0.780. The molecule has 1 fully saturated rings. The number of fused-ring (bicyclic) bond motifs is 2. The molecule has 1 aromatic carbocycles. The Morgan fingerprint density at radius 1 is 0.944 bits per heavy atom. The van der Waals surface area contributed by atoms with E-state index in [-0.39, 0.29) is 0 Å². The zero-order valence-corrected chi connectivity index (χ0v) is 12.4. The molecule has 1 spiro atoms. The predicted molar refractivity (Wildman–Crippen MR) is 78.3 cm³/mol. The Kier molecular flexibility index (Phi) is 2.63. The minimum Gasteiger partial charge on any atom is -0.0561 e. The van der Waals surface area contributed by atoms with Gasteiger partial charge in [-0.2, -0.15) is 0 Å². The number of hydrogen-bond acceptors (Lipinski definition) is 0. The number of benzene rings is 1. The molecule has 98 valence electrons. The fourth-order valence-corrected chi connectivity index (χ4v) is 4.99. The van der Waals surface area contributed by atoms with Crippen molar-refractivity contribution < 1.29 is 0 Å². The molecule has 3 rings (SSSR count). The summed E-state index contributed by atoms with van der Waals surface area (Å²) in [6, 6.07) is 4.88. The van der Waals surface area contributed by atoms with Crippen LogP contribution in [0.1, 0.15) is 74.6 Å². The van der Waals surface area contributed by atoms with Crippen molar-refractivity contribution >= 4 is 0 Å². The molecule has 0 unspecified atom stereocenters. The average molecular weight is 242 g/mol. The van der Waals surface area contributed by atoms with E-state index in [9.17, 15) is 0 Å². The molecule has 0 amide bonds. The minimum absolute atomic E-state index is 0.379. The summed E-state index contributed by atoms with van der Waals surface area (Å²) in [4.78, 5) is 0. The summed E-state index contributed by atoms with van der Waals surface area (Å²) in [6.45, 7) is 9.49. The molecule has 0 atom stereocenters. The molecule has 0 N–H and O–H groups in total. The fourth-order valence-electron chi connectivity index (χ4n) is 4.99. The van der Waals surface area contributed by atoms with E-state index in [0.29, 0.717) is 10.8 Å². The van der Waals surface area contributed by atoms with Crippen LogP contribution in [0.25, 0.3) is 0 Å². The quantitative estimate of drug-likeness (QED) is 0.587. The van der Waals surface area contributed by atoms with Crippen molar-refractivity contribution in [3.8, 4) is 0 Å². The predicted octanol–water partition coefficient (Wildman–Crippen LogP) is 5.19. The van der Waals surface area contributed by atoms with E-state index in [1.165, 1.54) is 49.7 Å². The zero-order chi connectivity index (χ0) is 13.0. The van der Waals surface area contributed by atoms with Gasteiger partial charge in [0.1, 0.15) is 0 Å². The second-order valence-electron chi connectivity index (χ2n) is 7.41. The third kappa shape index (κ3) is 1.65. The van der Waals surface area contributed by atoms with Crippen molar-refractivity contribution in [3.63, 3.8) is 0 Å². The normalized spacial score (nSPS) is 24.2. The van der Waals surface area contributed by atoms with Crippen molar-refractivity contribution in [2.75, 3.05) is 0 Å². The molecule has 0 saturated heterocycles. The van der Waals surface area contributed by atoms with Gasteiger partial charge in [-0.25, -0.2) is 0 Å². The van der Waals surface area contributed by atoms with E-state index in [1.807, 2.05) is 0 Å². The summed E-state index contributed by atoms with van der Waals surface area (Å²) in [6.07, 6.45) is 8.53. The summed E-state index contributed by atoms with van der Waals surface area (Å²) in [5.41, 5.74) is 7.27. The van der Waals surface area contributed by atoms with Crippen LogP contribution in [-0.4, -0.2) is 0 Å². The van der Waals surface area contributed by atoms with E-state index in [2.05, 4.69) is 39.8 Å². The van der Waals surface area contributed by atoms with E-state index in [0.717, 1.165) is 0 Å². The van der Waals surface area contributed by atoms with E-state index in [4.69, 9.17) is 0 Å². The molecule has 0 nitrogen and oxygen atoms in total. The van der Waals surface area contributed by atoms with Crippen molar-refractivity contribution in [2.24, 2.45) is 0 Å². The van der Waals surface area contributed by atoms with Gasteiger partial charge in [0.15, 0.2) is 0 Å². The maximum atomic E-state index is 2.50. The molecule has 0 heterocycles. The standard InChI is InChI=1S/C18H26/c1-13-10-14(2)16-15(11-13)18(12-17(16,3)4)8-6-5-7-9-18/h10-11H,5-9,12H2,1-4H3. The Bertz CT molecular complexity index is 473. The highest BCUT2D eigenvalue weighted by Gasteiger charge is 2.48. The molecule has 2 aliphatic rings. The first-order valence-electron chi connectivity index (χ1n) is 7.57. The van der Waals surface area contributed by atoms with Crippen LogP contribution in [0.15, 0.2) is 12.1 Å². The van der Waals surface area contributed by atoms with Gasteiger partial charge in [-0.05, 0) is 60.6 Å². The van der Waals surface area contributed by atoms with E-state index >= 15 is 0 Å². The van der Waals surface area contributed by atoms with Gasteiger partial charge in [0.2, 0.25) is 0 Å². The first-order chi connectivity index (χ1) is 8.45. The van der Waals surface area contributed by atoms with Gasteiger partial charge in [-0.3, -0.25) is 0 Å². The van der Waals surface area contributed by atoms with Crippen molar-refractivity contribution in [2.45, 2.75) is 77.0 Å². The summed E-state index contributed by atoms with van der Waals surface area (Å²) >= 11 is 0. The Morgan fingerprint density at radius 3 is 2.28 bits per heavy atom. The molecular formula is C18H26. The van der Waals surface area contributed by atoms with Crippen LogP contribution in [-0.2, 0) is 10.8 Å². The van der Waals surface area contributed by atoms with Crippen LogP contribution in [0.2, 0.25) is 0 Å². The fraction of sp³-hybridized carbons (Fsp3) is 0.667. The van der Waals surface area contributed by atoms with Crippen LogP contribution in [0.4, 0.5) is 0 Å². The first-order valence-corrected chi connectivity index (χ1v) is 7.57. The molecule has 0 aliphatic heterocycles. The third-order valence-electron chi connectivity index (χ3n) is 5.32. The summed E-state index contributed by atoms with van der Waals surface area (Å²) < 4.78 is 0. The van der Waals surface area contributed by atoms with E-state index < -0.39 is 0 Å². The molecular weight excluding hydrogens is 216 g/mol. The van der Waals surface area contributed by atoms with Crippen LogP contribution in [0.3, 0.4) is 0 Å². The second kappa shape index (κ2) is 3.85. The van der Waals surface area contributed by atoms with Gasteiger partial charge in [0.05, 0.1) is 0 Å². The molecule has 1 saturated carbocycles. The van der Waals surface area contributed by atoms with Gasteiger partial charge >= 0.3 is 0 Å². The minimum atomic E-state index is 0.379. The summed E-state index contributed by atoms with van der Waals surface area (Å²) in [5.74, 6) is 0. The summed E-state index contributed by atoms with van der Waals surface area (Å²) in [5, 5.41) is 0. The highest BCUT2D eigenvalue weighted by Crippen LogP contribution is 2.56. The Labute approximate surface area is 112 Å². The smallest absolute Gasteiger partial charge is 0.00356 e. The van der Waals surface area contributed by atoms with Crippen molar-refractivity contribution in [1.29, 1.82) is 0 Å². The highest BCUT2D eigenvalue weighted by molar-refractivity contribution is 5.51. The number of rotatable bonds is 0.